The number of benzene rings is 2. The van der Waals surface area contributed by atoms with Crippen LogP contribution >= 0.6 is 0 Å². The number of para-hydroxylation sites is 1. The van der Waals surface area contributed by atoms with E-state index in [0.29, 0.717) is 6.04 Å². The lowest BCUT2D eigenvalue weighted by Gasteiger charge is -2.33. The summed E-state index contributed by atoms with van der Waals surface area (Å²) < 4.78 is 5.75. The Morgan fingerprint density at radius 2 is 1.74 bits per heavy atom. The summed E-state index contributed by atoms with van der Waals surface area (Å²) in [5.74, 6) is 1.55. The molecule has 0 bridgehead atoms. The van der Waals surface area contributed by atoms with Crippen LogP contribution in [0.1, 0.15) is 26.2 Å². The SMILES string of the molecule is CC1CCCCN1C(=O)Nc1ccc(Oc2ccccc2)cc1. The molecular formula is C19H22N2O2. The second-order valence-corrected chi connectivity index (χ2v) is 5.91. The molecule has 1 aliphatic heterocycles. The quantitative estimate of drug-likeness (QED) is 0.877. The van der Waals surface area contributed by atoms with Crippen molar-refractivity contribution in [1.29, 1.82) is 0 Å². The normalized spacial score (nSPS) is 17.6. The number of hydrogen-bond acceptors (Lipinski definition) is 2. The average molecular weight is 310 g/mol. The highest BCUT2D eigenvalue weighted by Gasteiger charge is 2.22. The Balaban J connectivity index is 1.60. The molecule has 23 heavy (non-hydrogen) atoms. The van der Waals surface area contributed by atoms with E-state index < -0.39 is 0 Å². The molecule has 1 heterocycles. The van der Waals surface area contributed by atoms with Crippen molar-refractivity contribution in [3.05, 3.63) is 54.6 Å². The predicted molar refractivity (Wildman–Crippen MR) is 92.0 cm³/mol. The number of nitrogens with zero attached hydrogens (tertiary/aromatic N) is 1. The van der Waals surface area contributed by atoms with E-state index in [2.05, 4.69) is 12.2 Å². The number of piperidine rings is 1. The molecule has 2 aromatic rings. The Labute approximate surface area is 137 Å². The zero-order valence-electron chi connectivity index (χ0n) is 13.4. The third-order valence-electron chi connectivity index (χ3n) is 4.15. The molecule has 0 saturated carbocycles. The lowest BCUT2D eigenvalue weighted by Crippen LogP contribution is -2.44. The van der Waals surface area contributed by atoms with Crippen molar-refractivity contribution >= 4 is 11.7 Å². The minimum absolute atomic E-state index is 0.0195. The van der Waals surface area contributed by atoms with Crippen LogP contribution in [-0.4, -0.2) is 23.5 Å². The topological polar surface area (TPSA) is 41.6 Å². The van der Waals surface area contributed by atoms with Crippen LogP contribution in [0.25, 0.3) is 0 Å². The van der Waals surface area contributed by atoms with Crippen molar-refractivity contribution < 1.29 is 9.53 Å². The van der Waals surface area contributed by atoms with Gasteiger partial charge in [0.05, 0.1) is 0 Å². The number of rotatable bonds is 3. The third-order valence-corrected chi connectivity index (χ3v) is 4.15. The van der Waals surface area contributed by atoms with Gasteiger partial charge in [-0.3, -0.25) is 0 Å². The minimum atomic E-state index is -0.0195. The van der Waals surface area contributed by atoms with Gasteiger partial charge < -0.3 is 15.0 Å². The van der Waals surface area contributed by atoms with Crippen molar-refractivity contribution in [2.24, 2.45) is 0 Å². The summed E-state index contributed by atoms with van der Waals surface area (Å²) in [6, 6.07) is 17.4. The van der Waals surface area contributed by atoms with Crippen molar-refractivity contribution in [3.8, 4) is 11.5 Å². The number of nitrogens with one attached hydrogen (secondary N) is 1. The molecule has 1 aliphatic rings. The van der Waals surface area contributed by atoms with Gasteiger partial charge in [0.25, 0.3) is 0 Å². The van der Waals surface area contributed by atoms with E-state index in [1.54, 1.807) is 0 Å². The maximum Gasteiger partial charge on any atom is 0.322 e. The van der Waals surface area contributed by atoms with Crippen LogP contribution in [-0.2, 0) is 0 Å². The summed E-state index contributed by atoms with van der Waals surface area (Å²) in [7, 11) is 0. The zero-order valence-corrected chi connectivity index (χ0v) is 13.4. The number of hydrogen-bond donors (Lipinski definition) is 1. The molecule has 3 rings (SSSR count). The monoisotopic (exact) mass is 310 g/mol. The number of amides is 2. The molecule has 1 saturated heterocycles. The third kappa shape index (κ3) is 4.03. The van der Waals surface area contributed by atoms with Gasteiger partial charge in [-0.1, -0.05) is 18.2 Å². The van der Waals surface area contributed by atoms with E-state index in [1.165, 1.54) is 6.42 Å². The van der Waals surface area contributed by atoms with Gasteiger partial charge >= 0.3 is 6.03 Å². The Hall–Kier alpha value is -2.49. The van der Waals surface area contributed by atoms with Crippen LogP contribution in [0.2, 0.25) is 0 Å². The van der Waals surface area contributed by atoms with E-state index in [-0.39, 0.29) is 6.03 Å². The fourth-order valence-corrected chi connectivity index (χ4v) is 2.83. The van der Waals surface area contributed by atoms with Gasteiger partial charge in [0.2, 0.25) is 0 Å². The summed E-state index contributed by atoms with van der Waals surface area (Å²) in [6.45, 7) is 2.94. The first-order chi connectivity index (χ1) is 11.2. The maximum absolute atomic E-state index is 12.3. The molecule has 4 nitrogen and oxygen atoms in total. The Morgan fingerprint density at radius 1 is 1.04 bits per heavy atom. The molecule has 1 fully saturated rings. The predicted octanol–water partition coefficient (Wildman–Crippen LogP) is 4.89. The second-order valence-electron chi connectivity index (χ2n) is 5.91. The molecule has 2 amide bonds. The zero-order chi connectivity index (χ0) is 16.1. The summed E-state index contributed by atoms with van der Waals surface area (Å²) in [4.78, 5) is 14.3. The van der Waals surface area contributed by atoms with Crippen LogP contribution in [0.5, 0.6) is 11.5 Å². The summed E-state index contributed by atoms with van der Waals surface area (Å²) in [5, 5.41) is 2.96. The molecule has 1 atom stereocenters. The molecule has 120 valence electrons. The van der Waals surface area contributed by atoms with E-state index in [9.17, 15) is 4.79 Å². The highest BCUT2D eigenvalue weighted by molar-refractivity contribution is 5.89. The molecule has 2 aromatic carbocycles. The lowest BCUT2D eigenvalue weighted by atomic mass is 10.0. The molecule has 4 heteroatoms. The molecule has 0 radical (unpaired) electrons. The van der Waals surface area contributed by atoms with Crippen LogP contribution in [0, 0.1) is 0 Å². The van der Waals surface area contributed by atoms with Gasteiger partial charge in [0, 0.05) is 18.3 Å². The van der Waals surface area contributed by atoms with Gasteiger partial charge in [-0.15, -0.1) is 0 Å². The molecule has 1 N–H and O–H groups in total. The Bertz CT molecular complexity index is 640. The maximum atomic E-state index is 12.3. The van der Waals surface area contributed by atoms with Gasteiger partial charge in [-0.05, 0) is 62.6 Å². The van der Waals surface area contributed by atoms with Gasteiger partial charge in [-0.25, -0.2) is 4.79 Å². The first-order valence-corrected chi connectivity index (χ1v) is 8.13. The number of likely N-dealkylation sites (tertiary alicyclic amines) is 1. The van der Waals surface area contributed by atoms with Crippen molar-refractivity contribution in [1.82, 2.24) is 4.90 Å². The Morgan fingerprint density at radius 3 is 2.43 bits per heavy atom. The van der Waals surface area contributed by atoms with Gasteiger partial charge in [0.1, 0.15) is 11.5 Å². The highest BCUT2D eigenvalue weighted by atomic mass is 16.5. The van der Waals surface area contributed by atoms with E-state index in [4.69, 9.17) is 4.74 Å². The summed E-state index contributed by atoms with van der Waals surface area (Å²) >= 11 is 0. The van der Waals surface area contributed by atoms with Crippen molar-refractivity contribution in [2.45, 2.75) is 32.2 Å². The number of carbonyl (C=O) groups is 1. The molecular weight excluding hydrogens is 288 g/mol. The fraction of sp³-hybridized carbons (Fsp3) is 0.316. The average Bonchev–Trinajstić information content (AvgIpc) is 2.58. The van der Waals surface area contributed by atoms with Crippen LogP contribution in [0.3, 0.4) is 0 Å². The van der Waals surface area contributed by atoms with Crippen LogP contribution < -0.4 is 10.1 Å². The van der Waals surface area contributed by atoms with E-state index >= 15 is 0 Å². The largest absolute Gasteiger partial charge is 0.457 e. The lowest BCUT2D eigenvalue weighted by molar-refractivity contribution is 0.170. The second kappa shape index (κ2) is 7.18. The molecule has 0 aromatic heterocycles. The minimum Gasteiger partial charge on any atom is -0.457 e. The Kier molecular flexibility index (Phi) is 4.81. The molecule has 0 aliphatic carbocycles. The standard InChI is InChI=1S/C19H22N2O2/c1-15-7-5-6-14-21(15)19(22)20-16-10-12-18(13-11-16)23-17-8-3-2-4-9-17/h2-4,8-13,15H,5-7,14H2,1H3,(H,20,22). The van der Waals surface area contributed by atoms with Crippen molar-refractivity contribution in [2.75, 3.05) is 11.9 Å². The number of carbonyl (C=O) groups excluding carboxylic acids is 1. The van der Waals surface area contributed by atoms with Gasteiger partial charge in [0.15, 0.2) is 0 Å². The van der Waals surface area contributed by atoms with Crippen LogP contribution in [0.15, 0.2) is 54.6 Å². The summed E-state index contributed by atoms with van der Waals surface area (Å²) in [6.07, 6.45) is 3.37. The number of urea groups is 1. The van der Waals surface area contributed by atoms with Gasteiger partial charge in [-0.2, -0.15) is 0 Å². The van der Waals surface area contributed by atoms with E-state index in [1.807, 2.05) is 59.5 Å². The molecule has 1 unspecified atom stereocenters. The molecule has 0 spiro atoms. The smallest absolute Gasteiger partial charge is 0.322 e. The highest BCUT2D eigenvalue weighted by Crippen LogP contribution is 2.23. The fourth-order valence-electron chi connectivity index (χ4n) is 2.83. The van der Waals surface area contributed by atoms with Crippen molar-refractivity contribution in [3.63, 3.8) is 0 Å². The van der Waals surface area contributed by atoms with E-state index in [0.717, 1.165) is 36.6 Å². The first kappa shape index (κ1) is 15.4. The summed E-state index contributed by atoms with van der Waals surface area (Å²) in [5.41, 5.74) is 0.785. The first-order valence-electron chi connectivity index (χ1n) is 8.13. The van der Waals surface area contributed by atoms with Crippen LogP contribution in [0.4, 0.5) is 10.5 Å². The number of anilines is 1. The number of ether oxygens (including phenoxy) is 1.